The number of rotatable bonds is 5. The molecule has 0 saturated heterocycles. The predicted octanol–water partition coefficient (Wildman–Crippen LogP) is 4.69. The fourth-order valence-electron chi connectivity index (χ4n) is 0.996. The van der Waals surface area contributed by atoms with Crippen molar-refractivity contribution in [3.8, 4) is 0 Å². The molecule has 2 heteroatoms. The number of Topliss-reactive ketones (excluding diaryl/α,β-unsaturated/α-hetero) is 1. The second-order valence-corrected chi connectivity index (χ2v) is 3.96. The molecule has 90 valence electrons. The van der Waals surface area contributed by atoms with Crippen molar-refractivity contribution in [1.82, 2.24) is 0 Å². The second-order valence-electron chi connectivity index (χ2n) is 3.58. The minimum absolute atomic E-state index is 0.177. The van der Waals surface area contributed by atoms with Crippen LogP contribution in [0.4, 0.5) is 0 Å². The monoisotopic (exact) mass is 240 g/mol. The van der Waals surface area contributed by atoms with Gasteiger partial charge in [-0.2, -0.15) is 0 Å². The fourth-order valence-corrected chi connectivity index (χ4v) is 1.13. The van der Waals surface area contributed by atoms with Crippen LogP contribution >= 0.6 is 11.6 Å². The summed E-state index contributed by atoms with van der Waals surface area (Å²) in [7, 11) is 0. The lowest BCUT2D eigenvalue weighted by Crippen LogP contribution is -1.98. The zero-order valence-electron chi connectivity index (χ0n) is 10.2. The summed E-state index contributed by atoms with van der Waals surface area (Å²) < 4.78 is 0. The third-order valence-corrected chi connectivity index (χ3v) is 2.40. The molecule has 0 N–H and O–H groups in total. The number of benzene rings is 1. The summed E-state index contributed by atoms with van der Waals surface area (Å²) in [6.45, 7) is 4.36. The molecule has 0 aliphatic carbocycles. The standard InChI is InChI=1S/C10H11ClO.C4H10/c11-8-4-7-10(12)9-5-2-1-3-6-9;1-3-4-2/h1-3,5-6H,4,7-8H2;3-4H2,1-2H3. The molecule has 1 nitrogen and oxygen atoms in total. The van der Waals surface area contributed by atoms with Gasteiger partial charge in [0.15, 0.2) is 5.78 Å². The number of unbranched alkanes of at least 4 members (excludes halogenated alkanes) is 1. The Balaban J connectivity index is 0.000000487. The molecule has 1 aromatic rings. The SMILES string of the molecule is CCCC.O=C(CCCCl)c1ccccc1. The lowest BCUT2D eigenvalue weighted by atomic mass is 10.1. The maximum absolute atomic E-state index is 11.3. The minimum atomic E-state index is 0.177. The normalized spacial score (nSPS) is 9.19. The minimum Gasteiger partial charge on any atom is -0.294 e. The Kier molecular flexibility index (Phi) is 10.1. The van der Waals surface area contributed by atoms with E-state index in [0.29, 0.717) is 12.3 Å². The van der Waals surface area contributed by atoms with Gasteiger partial charge < -0.3 is 0 Å². The summed E-state index contributed by atoms with van der Waals surface area (Å²) in [4.78, 5) is 11.3. The van der Waals surface area contributed by atoms with Crippen LogP contribution in [0.25, 0.3) is 0 Å². The van der Waals surface area contributed by atoms with Gasteiger partial charge >= 0.3 is 0 Å². The largest absolute Gasteiger partial charge is 0.294 e. The van der Waals surface area contributed by atoms with E-state index in [-0.39, 0.29) is 5.78 Å². The Morgan fingerprint density at radius 2 is 1.69 bits per heavy atom. The highest BCUT2D eigenvalue weighted by molar-refractivity contribution is 6.18. The molecule has 0 bridgehead atoms. The van der Waals surface area contributed by atoms with Crippen molar-refractivity contribution in [2.75, 3.05) is 5.88 Å². The van der Waals surface area contributed by atoms with E-state index in [1.807, 2.05) is 30.3 Å². The molecule has 16 heavy (non-hydrogen) atoms. The highest BCUT2D eigenvalue weighted by atomic mass is 35.5. The molecule has 0 aliphatic heterocycles. The zero-order chi connectivity index (χ0) is 12.2. The molecule has 1 rings (SSSR count). The van der Waals surface area contributed by atoms with E-state index in [1.54, 1.807) is 0 Å². The van der Waals surface area contributed by atoms with Crippen LogP contribution < -0.4 is 0 Å². The van der Waals surface area contributed by atoms with Crippen LogP contribution in [0.2, 0.25) is 0 Å². The number of hydrogen-bond donors (Lipinski definition) is 0. The number of halogens is 1. The van der Waals surface area contributed by atoms with Gasteiger partial charge in [0.05, 0.1) is 0 Å². The number of carbonyl (C=O) groups is 1. The predicted molar refractivity (Wildman–Crippen MR) is 71.3 cm³/mol. The number of hydrogen-bond acceptors (Lipinski definition) is 1. The van der Waals surface area contributed by atoms with E-state index in [9.17, 15) is 4.79 Å². The molecule has 0 spiro atoms. The summed E-state index contributed by atoms with van der Waals surface area (Å²) in [5.41, 5.74) is 0.780. The van der Waals surface area contributed by atoms with E-state index < -0.39 is 0 Å². The zero-order valence-corrected chi connectivity index (χ0v) is 11.0. The van der Waals surface area contributed by atoms with E-state index >= 15 is 0 Å². The van der Waals surface area contributed by atoms with Gasteiger partial charge in [-0.1, -0.05) is 57.0 Å². The van der Waals surface area contributed by atoms with Crippen molar-refractivity contribution in [3.05, 3.63) is 35.9 Å². The fraction of sp³-hybridized carbons (Fsp3) is 0.500. The van der Waals surface area contributed by atoms with Gasteiger partial charge in [0.2, 0.25) is 0 Å². The first-order chi connectivity index (χ1) is 7.76. The van der Waals surface area contributed by atoms with E-state index in [4.69, 9.17) is 11.6 Å². The average Bonchev–Trinajstić information content (AvgIpc) is 2.37. The first kappa shape index (κ1) is 15.2. The average molecular weight is 241 g/mol. The van der Waals surface area contributed by atoms with Crippen molar-refractivity contribution in [2.45, 2.75) is 39.5 Å². The van der Waals surface area contributed by atoms with Crippen molar-refractivity contribution in [1.29, 1.82) is 0 Å². The molecule has 0 saturated carbocycles. The number of alkyl halides is 1. The second kappa shape index (κ2) is 10.7. The lowest BCUT2D eigenvalue weighted by Gasteiger charge is -1.97. The van der Waals surface area contributed by atoms with Crippen molar-refractivity contribution < 1.29 is 4.79 Å². The highest BCUT2D eigenvalue weighted by Gasteiger charge is 2.02. The van der Waals surface area contributed by atoms with Crippen LogP contribution in [-0.2, 0) is 0 Å². The Bertz CT molecular complexity index is 267. The van der Waals surface area contributed by atoms with Crippen LogP contribution in [0.15, 0.2) is 30.3 Å². The molecule has 0 amide bonds. The molecule has 0 aromatic heterocycles. The van der Waals surface area contributed by atoms with Crippen LogP contribution in [0, 0.1) is 0 Å². The maximum atomic E-state index is 11.3. The number of ketones is 1. The molecule has 0 aliphatic rings. The quantitative estimate of drug-likeness (QED) is 0.539. The molecule has 0 atom stereocenters. The van der Waals surface area contributed by atoms with Crippen LogP contribution in [0.1, 0.15) is 49.9 Å². The molecule has 0 heterocycles. The third-order valence-electron chi connectivity index (χ3n) is 2.13. The van der Waals surface area contributed by atoms with Gasteiger partial charge in [-0.05, 0) is 6.42 Å². The van der Waals surface area contributed by atoms with Gasteiger partial charge in [0.25, 0.3) is 0 Å². The summed E-state index contributed by atoms with van der Waals surface area (Å²) in [6.07, 6.45) is 3.95. The first-order valence-electron chi connectivity index (χ1n) is 5.90. The molecular weight excluding hydrogens is 220 g/mol. The molecule has 0 fully saturated rings. The third kappa shape index (κ3) is 7.47. The molecule has 1 aromatic carbocycles. The van der Waals surface area contributed by atoms with Crippen molar-refractivity contribution >= 4 is 17.4 Å². The van der Waals surface area contributed by atoms with Crippen molar-refractivity contribution in [2.24, 2.45) is 0 Å². The maximum Gasteiger partial charge on any atom is 0.162 e. The van der Waals surface area contributed by atoms with Gasteiger partial charge in [-0.25, -0.2) is 0 Å². The first-order valence-corrected chi connectivity index (χ1v) is 6.43. The van der Waals surface area contributed by atoms with E-state index in [1.165, 1.54) is 12.8 Å². The summed E-state index contributed by atoms with van der Waals surface area (Å²) >= 11 is 5.48. The summed E-state index contributed by atoms with van der Waals surface area (Å²) in [5, 5.41) is 0. The molecular formula is C14H21ClO. The van der Waals surface area contributed by atoms with E-state index in [0.717, 1.165) is 12.0 Å². The Labute approximate surface area is 104 Å². The molecule has 0 radical (unpaired) electrons. The topological polar surface area (TPSA) is 17.1 Å². The van der Waals surface area contributed by atoms with Crippen LogP contribution in [-0.4, -0.2) is 11.7 Å². The smallest absolute Gasteiger partial charge is 0.162 e. The van der Waals surface area contributed by atoms with Gasteiger partial charge in [-0.15, -0.1) is 11.6 Å². The summed E-state index contributed by atoms with van der Waals surface area (Å²) in [6, 6.07) is 9.30. The van der Waals surface area contributed by atoms with Gasteiger partial charge in [0.1, 0.15) is 0 Å². The highest BCUT2D eigenvalue weighted by Crippen LogP contribution is 2.05. The molecule has 0 unspecified atom stereocenters. The van der Waals surface area contributed by atoms with E-state index in [2.05, 4.69) is 13.8 Å². The van der Waals surface area contributed by atoms with Gasteiger partial charge in [-0.3, -0.25) is 4.79 Å². The Morgan fingerprint density at radius 1 is 1.12 bits per heavy atom. The Hall–Kier alpha value is -0.820. The summed E-state index contributed by atoms with van der Waals surface area (Å²) in [5.74, 6) is 0.731. The van der Waals surface area contributed by atoms with Crippen LogP contribution in [0.5, 0.6) is 0 Å². The lowest BCUT2D eigenvalue weighted by molar-refractivity contribution is 0.0982. The number of carbonyl (C=O) groups excluding carboxylic acids is 1. The van der Waals surface area contributed by atoms with Crippen LogP contribution in [0.3, 0.4) is 0 Å². The van der Waals surface area contributed by atoms with Crippen molar-refractivity contribution in [3.63, 3.8) is 0 Å². The van der Waals surface area contributed by atoms with Gasteiger partial charge in [0, 0.05) is 17.9 Å². The Morgan fingerprint density at radius 3 is 2.12 bits per heavy atom.